The van der Waals surface area contributed by atoms with Crippen LogP contribution < -0.4 is 5.32 Å². The van der Waals surface area contributed by atoms with E-state index in [1.807, 2.05) is 33.0 Å². The van der Waals surface area contributed by atoms with Crippen molar-refractivity contribution in [3.8, 4) is 0 Å². The predicted molar refractivity (Wildman–Crippen MR) is 55.9 cm³/mol. The first-order valence-corrected chi connectivity index (χ1v) is 4.61. The summed E-state index contributed by atoms with van der Waals surface area (Å²) < 4.78 is 5.53. The molecule has 0 saturated heterocycles. The lowest BCUT2D eigenvalue weighted by Crippen LogP contribution is -2.04. The monoisotopic (exact) mass is 179 g/mol. The molecular formula is C11H17NO. The van der Waals surface area contributed by atoms with Crippen molar-refractivity contribution in [1.82, 2.24) is 0 Å². The third-order valence-corrected chi connectivity index (χ3v) is 1.86. The van der Waals surface area contributed by atoms with Gasteiger partial charge in [-0.3, -0.25) is 0 Å². The Morgan fingerprint density at radius 1 is 1.31 bits per heavy atom. The quantitative estimate of drug-likeness (QED) is 0.767. The molecule has 72 valence electrons. The fourth-order valence-electron chi connectivity index (χ4n) is 1.15. The van der Waals surface area contributed by atoms with E-state index in [1.165, 1.54) is 5.56 Å². The Morgan fingerprint density at radius 2 is 2.00 bits per heavy atom. The normalized spacial score (nSPS) is 10.5. The van der Waals surface area contributed by atoms with Gasteiger partial charge in [-0.25, -0.2) is 0 Å². The number of ether oxygens (including phenoxy) is 1. The second-order valence-corrected chi connectivity index (χ2v) is 3.27. The summed E-state index contributed by atoms with van der Waals surface area (Å²) in [6.07, 6.45) is 0.282. The number of hydrogen-bond donors (Lipinski definition) is 1. The molecule has 2 nitrogen and oxygen atoms in total. The van der Waals surface area contributed by atoms with E-state index in [4.69, 9.17) is 4.74 Å². The van der Waals surface area contributed by atoms with E-state index in [2.05, 4.69) is 17.4 Å². The molecule has 0 radical (unpaired) electrons. The van der Waals surface area contributed by atoms with Crippen LogP contribution in [-0.4, -0.2) is 13.2 Å². The number of para-hydroxylation sites is 1. The van der Waals surface area contributed by atoms with Crippen LogP contribution in [0.25, 0.3) is 0 Å². The molecule has 0 spiro atoms. The molecular weight excluding hydrogens is 162 g/mol. The first kappa shape index (κ1) is 10.1. The number of rotatable bonds is 4. The summed E-state index contributed by atoms with van der Waals surface area (Å²) in [7, 11) is 1.92. The fourth-order valence-corrected chi connectivity index (χ4v) is 1.15. The second-order valence-electron chi connectivity index (χ2n) is 3.27. The second kappa shape index (κ2) is 4.87. The molecule has 0 aliphatic rings. The average Bonchev–Trinajstić information content (AvgIpc) is 2.15. The fraction of sp³-hybridized carbons (Fsp3) is 0.455. The van der Waals surface area contributed by atoms with Crippen molar-refractivity contribution >= 4 is 5.69 Å². The van der Waals surface area contributed by atoms with E-state index in [-0.39, 0.29) is 6.10 Å². The van der Waals surface area contributed by atoms with Gasteiger partial charge in [0.05, 0.1) is 12.7 Å². The zero-order chi connectivity index (χ0) is 9.68. The van der Waals surface area contributed by atoms with E-state index in [9.17, 15) is 0 Å². The van der Waals surface area contributed by atoms with Gasteiger partial charge in [0.2, 0.25) is 0 Å². The molecule has 0 aromatic heterocycles. The summed E-state index contributed by atoms with van der Waals surface area (Å²) in [5.74, 6) is 0. The van der Waals surface area contributed by atoms with Crippen molar-refractivity contribution in [2.45, 2.75) is 26.6 Å². The van der Waals surface area contributed by atoms with Gasteiger partial charge in [-0.15, -0.1) is 0 Å². The van der Waals surface area contributed by atoms with Crippen molar-refractivity contribution in [2.75, 3.05) is 12.4 Å². The molecule has 0 unspecified atom stereocenters. The third-order valence-electron chi connectivity index (χ3n) is 1.86. The molecule has 2 heteroatoms. The van der Waals surface area contributed by atoms with Crippen LogP contribution in [-0.2, 0) is 11.3 Å². The van der Waals surface area contributed by atoms with Crippen LogP contribution in [0.1, 0.15) is 19.4 Å². The Bertz CT molecular complexity index is 258. The smallest absolute Gasteiger partial charge is 0.0740 e. The predicted octanol–water partition coefficient (Wildman–Crippen LogP) is 2.65. The lowest BCUT2D eigenvalue weighted by Gasteiger charge is -2.11. The van der Waals surface area contributed by atoms with Crippen LogP contribution >= 0.6 is 0 Å². The Balaban J connectivity index is 2.64. The van der Waals surface area contributed by atoms with Gasteiger partial charge in [0.25, 0.3) is 0 Å². The highest BCUT2D eigenvalue weighted by atomic mass is 16.5. The minimum Gasteiger partial charge on any atom is -0.388 e. The topological polar surface area (TPSA) is 21.3 Å². The summed E-state index contributed by atoms with van der Waals surface area (Å²) in [6.45, 7) is 4.76. The third kappa shape index (κ3) is 3.07. The molecule has 0 amide bonds. The van der Waals surface area contributed by atoms with Gasteiger partial charge in [-0.1, -0.05) is 18.2 Å². The van der Waals surface area contributed by atoms with Crippen LogP contribution in [0.5, 0.6) is 0 Å². The molecule has 1 rings (SSSR count). The highest BCUT2D eigenvalue weighted by Crippen LogP contribution is 2.15. The number of nitrogens with one attached hydrogen (secondary N) is 1. The van der Waals surface area contributed by atoms with Crippen molar-refractivity contribution in [2.24, 2.45) is 0 Å². The van der Waals surface area contributed by atoms with Crippen LogP contribution in [0.2, 0.25) is 0 Å². The standard InChI is InChI=1S/C11H17NO/c1-9(2)13-8-10-6-4-5-7-11(10)12-3/h4-7,9,12H,8H2,1-3H3. The van der Waals surface area contributed by atoms with E-state index in [1.54, 1.807) is 0 Å². The first-order chi connectivity index (χ1) is 6.24. The maximum Gasteiger partial charge on any atom is 0.0740 e. The molecule has 0 atom stereocenters. The van der Waals surface area contributed by atoms with Crippen LogP contribution in [0, 0.1) is 0 Å². The Morgan fingerprint density at radius 3 is 2.62 bits per heavy atom. The van der Waals surface area contributed by atoms with Gasteiger partial charge in [0, 0.05) is 18.3 Å². The van der Waals surface area contributed by atoms with Gasteiger partial charge in [0.15, 0.2) is 0 Å². The van der Waals surface area contributed by atoms with Crippen LogP contribution in [0.15, 0.2) is 24.3 Å². The minimum atomic E-state index is 0.282. The SMILES string of the molecule is CNc1ccccc1COC(C)C. The lowest BCUT2D eigenvalue weighted by atomic mass is 10.2. The Kier molecular flexibility index (Phi) is 3.77. The lowest BCUT2D eigenvalue weighted by molar-refractivity contribution is 0.0660. The Labute approximate surface area is 79.9 Å². The number of hydrogen-bond acceptors (Lipinski definition) is 2. The Hall–Kier alpha value is -1.02. The maximum absolute atomic E-state index is 5.53. The average molecular weight is 179 g/mol. The molecule has 1 aromatic carbocycles. The molecule has 0 aliphatic carbocycles. The van der Waals surface area contributed by atoms with Gasteiger partial charge < -0.3 is 10.1 Å². The van der Waals surface area contributed by atoms with Crippen molar-refractivity contribution in [3.63, 3.8) is 0 Å². The zero-order valence-corrected chi connectivity index (χ0v) is 8.50. The zero-order valence-electron chi connectivity index (χ0n) is 8.50. The molecule has 1 N–H and O–H groups in total. The van der Waals surface area contributed by atoms with Gasteiger partial charge in [0.1, 0.15) is 0 Å². The highest BCUT2D eigenvalue weighted by molar-refractivity contribution is 5.50. The van der Waals surface area contributed by atoms with Gasteiger partial charge in [-0.05, 0) is 19.9 Å². The van der Waals surface area contributed by atoms with Crippen molar-refractivity contribution in [1.29, 1.82) is 0 Å². The highest BCUT2D eigenvalue weighted by Gasteiger charge is 2.00. The largest absolute Gasteiger partial charge is 0.388 e. The van der Waals surface area contributed by atoms with E-state index in [0.29, 0.717) is 6.61 Å². The number of benzene rings is 1. The summed E-state index contributed by atoms with van der Waals surface area (Å²) >= 11 is 0. The molecule has 0 saturated carbocycles. The van der Waals surface area contributed by atoms with Crippen LogP contribution in [0.3, 0.4) is 0 Å². The molecule has 0 fully saturated rings. The summed E-state index contributed by atoms with van der Waals surface area (Å²) in [5.41, 5.74) is 2.35. The maximum atomic E-state index is 5.53. The first-order valence-electron chi connectivity index (χ1n) is 4.61. The van der Waals surface area contributed by atoms with Crippen molar-refractivity contribution in [3.05, 3.63) is 29.8 Å². The summed E-state index contributed by atoms with van der Waals surface area (Å²) in [4.78, 5) is 0. The van der Waals surface area contributed by atoms with E-state index in [0.717, 1.165) is 5.69 Å². The van der Waals surface area contributed by atoms with E-state index < -0.39 is 0 Å². The number of anilines is 1. The van der Waals surface area contributed by atoms with Crippen molar-refractivity contribution < 1.29 is 4.74 Å². The molecule has 0 bridgehead atoms. The molecule has 13 heavy (non-hydrogen) atoms. The molecule has 0 aliphatic heterocycles. The van der Waals surface area contributed by atoms with Gasteiger partial charge in [-0.2, -0.15) is 0 Å². The van der Waals surface area contributed by atoms with Gasteiger partial charge >= 0.3 is 0 Å². The molecule has 0 heterocycles. The van der Waals surface area contributed by atoms with Crippen LogP contribution in [0.4, 0.5) is 5.69 Å². The minimum absolute atomic E-state index is 0.282. The van der Waals surface area contributed by atoms with E-state index >= 15 is 0 Å². The summed E-state index contributed by atoms with van der Waals surface area (Å²) in [6, 6.07) is 8.18. The summed E-state index contributed by atoms with van der Waals surface area (Å²) in [5, 5.41) is 3.14. The molecule has 1 aromatic rings.